The number of aromatic nitrogens is 1. The highest BCUT2D eigenvalue weighted by Gasteiger charge is 2.20. The van der Waals surface area contributed by atoms with Crippen LogP contribution in [0.1, 0.15) is 0 Å². The first kappa shape index (κ1) is 12.8. The molecule has 0 aliphatic carbocycles. The second-order valence-corrected chi connectivity index (χ2v) is 5.40. The van der Waals surface area contributed by atoms with Gasteiger partial charge in [0.25, 0.3) is 0 Å². The molecule has 2 nitrogen and oxygen atoms in total. The van der Waals surface area contributed by atoms with E-state index in [1.54, 1.807) is 0 Å². The second-order valence-electron chi connectivity index (χ2n) is 5.40. The number of fused-ring (bicyclic) bond motifs is 1. The molecular formula is C20H16NO+. The van der Waals surface area contributed by atoms with Gasteiger partial charge in [-0.05, 0) is 16.8 Å². The van der Waals surface area contributed by atoms with Crippen molar-refractivity contribution in [2.75, 3.05) is 0 Å². The van der Waals surface area contributed by atoms with Crippen molar-refractivity contribution >= 4 is 10.8 Å². The van der Waals surface area contributed by atoms with Gasteiger partial charge in [0.1, 0.15) is 7.05 Å². The molecular weight excluding hydrogens is 270 g/mol. The van der Waals surface area contributed by atoms with E-state index in [0.29, 0.717) is 0 Å². The fourth-order valence-electron chi connectivity index (χ4n) is 2.83. The van der Waals surface area contributed by atoms with Gasteiger partial charge in [-0.25, -0.2) is 0 Å². The summed E-state index contributed by atoms with van der Waals surface area (Å²) in [5, 5.41) is 2.42. The Hall–Kier alpha value is -2.87. The molecule has 0 aliphatic rings. The Morgan fingerprint density at radius 3 is 2.36 bits per heavy atom. The molecule has 2 heteroatoms. The van der Waals surface area contributed by atoms with Crippen molar-refractivity contribution in [3.8, 4) is 22.8 Å². The average molecular weight is 286 g/mol. The van der Waals surface area contributed by atoms with Crippen LogP contribution >= 0.6 is 0 Å². The first-order valence-corrected chi connectivity index (χ1v) is 7.36. The van der Waals surface area contributed by atoms with Crippen LogP contribution < -0.4 is 4.57 Å². The molecule has 0 amide bonds. The molecule has 4 rings (SSSR count). The maximum atomic E-state index is 6.16. The number of nitrogens with zero attached hydrogens (tertiary/aromatic N) is 1. The van der Waals surface area contributed by atoms with Crippen molar-refractivity contribution < 1.29 is 8.98 Å². The summed E-state index contributed by atoms with van der Waals surface area (Å²) < 4.78 is 8.20. The van der Waals surface area contributed by atoms with E-state index >= 15 is 0 Å². The minimum absolute atomic E-state index is 0.871. The van der Waals surface area contributed by atoms with Gasteiger partial charge in [0.15, 0.2) is 0 Å². The highest BCUT2D eigenvalue weighted by atomic mass is 16.4. The van der Waals surface area contributed by atoms with Crippen molar-refractivity contribution in [2.45, 2.75) is 0 Å². The van der Waals surface area contributed by atoms with Gasteiger partial charge < -0.3 is 4.42 Å². The molecule has 0 atom stereocenters. The zero-order chi connectivity index (χ0) is 14.9. The molecule has 0 aliphatic heterocycles. The van der Waals surface area contributed by atoms with Gasteiger partial charge in [0.2, 0.25) is 12.0 Å². The second kappa shape index (κ2) is 5.15. The number of aryl methyl sites for hydroxylation is 1. The minimum atomic E-state index is 0.871. The van der Waals surface area contributed by atoms with Gasteiger partial charge in [0, 0.05) is 5.56 Å². The summed E-state index contributed by atoms with van der Waals surface area (Å²) in [6, 6.07) is 24.9. The summed E-state index contributed by atoms with van der Waals surface area (Å²) in [7, 11) is 2.02. The van der Waals surface area contributed by atoms with Crippen molar-refractivity contribution in [1.29, 1.82) is 0 Å². The maximum absolute atomic E-state index is 6.16. The van der Waals surface area contributed by atoms with E-state index in [9.17, 15) is 0 Å². The zero-order valence-electron chi connectivity index (χ0n) is 12.4. The molecule has 4 aromatic rings. The molecule has 0 bridgehead atoms. The molecule has 0 N–H and O–H groups in total. The molecule has 22 heavy (non-hydrogen) atoms. The molecule has 1 aromatic heterocycles. The largest absolute Gasteiger partial charge is 0.398 e. The Labute approximate surface area is 129 Å². The third-order valence-corrected chi connectivity index (χ3v) is 3.92. The van der Waals surface area contributed by atoms with E-state index in [0.717, 1.165) is 22.8 Å². The molecule has 0 unspecified atom stereocenters. The number of benzene rings is 3. The lowest BCUT2D eigenvalue weighted by Crippen LogP contribution is -2.27. The summed E-state index contributed by atoms with van der Waals surface area (Å²) in [5.74, 6) is 1.75. The van der Waals surface area contributed by atoms with Gasteiger partial charge in [-0.1, -0.05) is 66.7 Å². The Bertz CT molecular complexity index is 933. The lowest BCUT2D eigenvalue weighted by molar-refractivity contribution is -0.662. The third-order valence-electron chi connectivity index (χ3n) is 3.92. The van der Waals surface area contributed by atoms with Gasteiger partial charge >= 0.3 is 5.89 Å². The van der Waals surface area contributed by atoms with Gasteiger partial charge in [0.05, 0.1) is 5.56 Å². The van der Waals surface area contributed by atoms with Crippen molar-refractivity contribution in [3.63, 3.8) is 0 Å². The van der Waals surface area contributed by atoms with E-state index in [2.05, 4.69) is 54.6 Å². The van der Waals surface area contributed by atoms with Crippen LogP contribution in [0, 0.1) is 0 Å². The summed E-state index contributed by atoms with van der Waals surface area (Å²) in [4.78, 5) is 0. The number of hydrogen-bond donors (Lipinski definition) is 0. The highest BCUT2D eigenvalue weighted by Crippen LogP contribution is 2.29. The number of rotatable bonds is 2. The molecule has 0 saturated heterocycles. The van der Waals surface area contributed by atoms with Crippen LogP contribution in [0.4, 0.5) is 0 Å². The summed E-state index contributed by atoms with van der Waals surface area (Å²) >= 11 is 0. The van der Waals surface area contributed by atoms with Crippen LogP contribution in [0.5, 0.6) is 0 Å². The van der Waals surface area contributed by atoms with Crippen LogP contribution in [0.2, 0.25) is 0 Å². The minimum Gasteiger partial charge on any atom is -0.398 e. The zero-order valence-corrected chi connectivity index (χ0v) is 12.4. The molecule has 1 heterocycles. The van der Waals surface area contributed by atoms with Gasteiger partial charge in [-0.15, -0.1) is 0 Å². The topological polar surface area (TPSA) is 17.0 Å². The van der Waals surface area contributed by atoms with Crippen LogP contribution in [0.25, 0.3) is 33.6 Å². The fraction of sp³-hybridized carbons (Fsp3) is 0.0500. The molecule has 0 saturated carbocycles. The van der Waals surface area contributed by atoms with E-state index in [4.69, 9.17) is 4.42 Å². The third kappa shape index (κ3) is 2.09. The first-order valence-electron chi connectivity index (χ1n) is 7.36. The predicted molar refractivity (Wildman–Crippen MR) is 88.3 cm³/mol. The van der Waals surface area contributed by atoms with Crippen molar-refractivity contribution in [2.24, 2.45) is 7.05 Å². The molecule has 0 spiro atoms. The monoisotopic (exact) mass is 286 g/mol. The van der Waals surface area contributed by atoms with Crippen LogP contribution in [-0.2, 0) is 7.05 Å². The van der Waals surface area contributed by atoms with Crippen molar-refractivity contribution in [1.82, 2.24) is 0 Å². The Morgan fingerprint density at radius 1 is 0.773 bits per heavy atom. The van der Waals surface area contributed by atoms with E-state index in [1.807, 2.05) is 36.0 Å². The van der Waals surface area contributed by atoms with Crippen LogP contribution in [-0.4, -0.2) is 0 Å². The van der Waals surface area contributed by atoms with Gasteiger partial charge in [-0.2, -0.15) is 4.57 Å². The van der Waals surface area contributed by atoms with Gasteiger partial charge in [-0.3, -0.25) is 0 Å². The first-order chi connectivity index (χ1) is 10.8. The molecule has 106 valence electrons. The SMILES string of the molecule is C[n+]1cc(-c2ccccc2)oc1-c1cccc2ccccc12. The predicted octanol–water partition coefficient (Wildman–Crippen LogP) is 4.59. The van der Waals surface area contributed by atoms with E-state index < -0.39 is 0 Å². The summed E-state index contributed by atoms with van der Waals surface area (Å²) in [5.41, 5.74) is 2.20. The fourth-order valence-corrected chi connectivity index (χ4v) is 2.83. The maximum Gasteiger partial charge on any atom is 0.381 e. The molecule has 3 aromatic carbocycles. The lowest BCUT2D eigenvalue weighted by Gasteiger charge is -2.00. The summed E-state index contributed by atoms with van der Waals surface area (Å²) in [6.07, 6.45) is 2.03. The van der Waals surface area contributed by atoms with Crippen molar-refractivity contribution in [3.05, 3.63) is 79.0 Å². The Balaban J connectivity index is 1.91. The average Bonchev–Trinajstić information content (AvgIpc) is 2.97. The molecule has 0 radical (unpaired) electrons. The number of oxazole rings is 1. The van der Waals surface area contributed by atoms with E-state index in [-0.39, 0.29) is 0 Å². The quantitative estimate of drug-likeness (QED) is 0.492. The lowest BCUT2D eigenvalue weighted by atomic mass is 10.0. The van der Waals surface area contributed by atoms with Crippen LogP contribution in [0.15, 0.2) is 83.4 Å². The number of hydrogen-bond acceptors (Lipinski definition) is 1. The normalized spacial score (nSPS) is 11.0. The Morgan fingerprint density at radius 2 is 1.50 bits per heavy atom. The standard InChI is InChI=1S/C20H16NO/c1-21-14-19(16-9-3-2-4-10-16)22-20(21)18-13-7-11-15-8-5-6-12-17(15)18/h2-14H,1H3/q+1. The van der Waals surface area contributed by atoms with E-state index in [1.165, 1.54) is 10.8 Å². The summed E-state index contributed by atoms with van der Waals surface area (Å²) in [6.45, 7) is 0. The smallest absolute Gasteiger partial charge is 0.381 e. The highest BCUT2D eigenvalue weighted by molar-refractivity contribution is 5.94. The Kier molecular flexibility index (Phi) is 3.01. The molecule has 0 fully saturated rings. The van der Waals surface area contributed by atoms with Crippen LogP contribution in [0.3, 0.4) is 0 Å².